The molecule has 2 aromatic carbocycles. The molecule has 0 atom stereocenters. The lowest BCUT2D eigenvalue weighted by Crippen LogP contribution is -2.12. The number of rotatable bonds is 4. The van der Waals surface area contributed by atoms with Crippen molar-refractivity contribution < 1.29 is 13.6 Å². The predicted molar refractivity (Wildman–Crippen MR) is 120 cm³/mol. The van der Waals surface area contributed by atoms with Crippen LogP contribution in [0.1, 0.15) is 34.3 Å². The van der Waals surface area contributed by atoms with E-state index in [2.05, 4.69) is 20.6 Å². The van der Waals surface area contributed by atoms with E-state index < -0.39 is 17.5 Å². The van der Waals surface area contributed by atoms with Crippen LogP contribution in [0.4, 0.5) is 25.8 Å². The first-order chi connectivity index (χ1) is 15.6. The Bertz CT molecular complexity index is 1320. The Balaban J connectivity index is 1.37. The van der Waals surface area contributed by atoms with E-state index in [9.17, 15) is 13.6 Å². The summed E-state index contributed by atoms with van der Waals surface area (Å²) in [6, 6.07) is 12.2. The zero-order chi connectivity index (χ0) is 22.1. The summed E-state index contributed by atoms with van der Waals surface area (Å²) in [6.07, 6.45) is 8.08. The molecule has 0 saturated carbocycles. The van der Waals surface area contributed by atoms with E-state index in [1.165, 1.54) is 23.6 Å². The maximum Gasteiger partial charge on any atom is 0.255 e. The first-order valence-electron chi connectivity index (χ1n) is 10.5. The number of aryl methyl sites for hydroxylation is 2. The van der Waals surface area contributed by atoms with Crippen LogP contribution in [0.2, 0.25) is 0 Å². The van der Waals surface area contributed by atoms with Crippen molar-refractivity contribution in [2.24, 2.45) is 0 Å². The molecule has 0 spiro atoms. The van der Waals surface area contributed by atoms with Crippen LogP contribution >= 0.6 is 0 Å². The fourth-order valence-electron chi connectivity index (χ4n) is 4.08. The van der Waals surface area contributed by atoms with Crippen molar-refractivity contribution in [1.82, 2.24) is 9.97 Å². The number of carbonyl (C=O) groups is 1. The number of nitrogens with zero attached hydrogens (tertiary/aromatic N) is 2. The molecule has 7 heteroatoms. The second kappa shape index (κ2) is 8.34. The van der Waals surface area contributed by atoms with Crippen LogP contribution < -0.4 is 10.6 Å². The molecule has 5 nitrogen and oxygen atoms in total. The van der Waals surface area contributed by atoms with Gasteiger partial charge in [0, 0.05) is 34.7 Å². The van der Waals surface area contributed by atoms with E-state index in [0.717, 1.165) is 53.8 Å². The Morgan fingerprint density at radius 1 is 0.875 bits per heavy atom. The van der Waals surface area contributed by atoms with E-state index in [0.29, 0.717) is 5.69 Å². The molecular formula is C25H20F2N4O. The number of amides is 1. The molecule has 0 unspecified atom stereocenters. The van der Waals surface area contributed by atoms with Gasteiger partial charge >= 0.3 is 0 Å². The van der Waals surface area contributed by atoms with Crippen molar-refractivity contribution in [3.63, 3.8) is 0 Å². The van der Waals surface area contributed by atoms with Crippen molar-refractivity contribution >= 4 is 34.0 Å². The summed E-state index contributed by atoms with van der Waals surface area (Å²) in [7, 11) is 0. The number of hydrogen-bond donors (Lipinski definition) is 2. The molecule has 0 fully saturated rings. The largest absolute Gasteiger partial charge is 0.355 e. The fourth-order valence-corrected chi connectivity index (χ4v) is 4.08. The van der Waals surface area contributed by atoms with Gasteiger partial charge < -0.3 is 10.6 Å². The molecule has 4 aromatic rings. The van der Waals surface area contributed by atoms with Crippen molar-refractivity contribution in [2.45, 2.75) is 25.7 Å². The van der Waals surface area contributed by atoms with Crippen molar-refractivity contribution in [1.29, 1.82) is 0 Å². The van der Waals surface area contributed by atoms with Crippen molar-refractivity contribution in [2.75, 3.05) is 10.6 Å². The molecule has 2 N–H and O–H groups in total. The zero-order valence-corrected chi connectivity index (χ0v) is 17.2. The highest BCUT2D eigenvalue weighted by Gasteiger charge is 2.16. The molecule has 0 bridgehead atoms. The van der Waals surface area contributed by atoms with Gasteiger partial charge in [-0.25, -0.2) is 18.7 Å². The van der Waals surface area contributed by atoms with Gasteiger partial charge in [0.15, 0.2) is 17.3 Å². The molecule has 1 amide bonds. The highest BCUT2D eigenvalue weighted by Crippen LogP contribution is 2.33. The van der Waals surface area contributed by atoms with Gasteiger partial charge in [0.05, 0.1) is 5.69 Å². The second-order valence-electron chi connectivity index (χ2n) is 7.81. The standard InChI is InChI=1S/C25H20F2N4O/c26-20-10-5-15(13-21(20)27)25(32)31-18-8-6-17(7-9-18)30-22-11-12-28-24-23(22)19-4-2-1-3-16(19)14-29-24/h5-14H,1-4H2,(H,31,32)(H,28,29,30). The molecule has 32 heavy (non-hydrogen) atoms. The number of nitrogens with one attached hydrogen (secondary N) is 2. The van der Waals surface area contributed by atoms with Gasteiger partial charge in [-0.2, -0.15) is 0 Å². The third-order valence-electron chi connectivity index (χ3n) is 5.69. The molecule has 1 aliphatic carbocycles. The zero-order valence-electron chi connectivity index (χ0n) is 17.2. The van der Waals surface area contributed by atoms with E-state index >= 15 is 0 Å². The molecule has 1 aliphatic rings. The molecule has 5 rings (SSSR count). The highest BCUT2D eigenvalue weighted by molar-refractivity contribution is 6.04. The fraction of sp³-hybridized carbons (Fsp3) is 0.160. The van der Waals surface area contributed by atoms with Crippen LogP contribution in [-0.4, -0.2) is 15.9 Å². The second-order valence-corrected chi connectivity index (χ2v) is 7.81. The molecule has 160 valence electrons. The van der Waals surface area contributed by atoms with Gasteiger partial charge in [0.25, 0.3) is 5.91 Å². The number of hydrogen-bond acceptors (Lipinski definition) is 4. The Kier molecular flexibility index (Phi) is 5.23. The normalized spacial score (nSPS) is 12.9. The number of fused-ring (bicyclic) bond motifs is 3. The van der Waals surface area contributed by atoms with Gasteiger partial charge in [-0.05, 0) is 85.3 Å². The summed E-state index contributed by atoms with van der Waals surface area (Å²) in [6.45, 7) is 0. The summed E-state index contributed by atoms with van der Waals surface area (Å²) < 4.78 is 26.5. The number of carbonyl (C=O) groups excluding carboxylic acids is 1. The summed E-state index contributed by atoms with van der Waals surface area (Å²) in [5.41, 5.74) is 5.71. The summed E-state index contributed by atoms with van der Waals surface area (Å²) in [4.78, 5) is 21.3. The number of pyridine rings is 2. The smallest absolute Gasteiger partial charge is 0.255 e. The number of aromatic nitrogens is 2. The lowest BCUT2D eigenvalue weighted by Gasteiger charge is -2.19. The monoisotopic (exact) mass is 430 g/mol. The van der Waals surface area contributed by atoms with Gasteiger partial charge in [0.1, 0.15) is 0 Å². The maximum atomic E-state index is 13.4. The quantitative estimate of drug-likeness (QED) is 0.431. The molecule has 0 aliphatic heterocycles. The summed E-state index contributed by atoms with van der Waals surface area (Å²) >= 11 is 0. The predicted octanol–water partition coefficient (Wildman–Crippen LogP) is 5.78. The van der Waals surface area contributed by atoms with Crippen LogP contribution in [0.15, 0.2) is 60.9 Å². The third kappa shape index (κ3) is 3.89. The number of halogens is 2. The highest BCUT2D eigenvalue weighted by atomic mass is 19.2. The first-order valence-corrected chi connectivity index (χ1v) is 10.5. The van der Waals surface area contributed by atoms with E-state index in [1.54, 1.807) is 18.3 Å². The topological polar surface area (TPSA) is 66.9 Å². The summed E-state index contributed by atoms with van der Waals surface area (Å²) in [5, 5.41) is 7.19. The van der Waals surface area contributed by atoms with Crippen LogP contribution in [0, 0.1) is 11.6 Å². The average molecular weight is 430 g/mol. The Hall–Kier alpha value is -3.87. The van der Waals surface area contributed by atoms with Crippen LogP contribution in [0.3, 0.4) is 0 Å². The number of anilines is 3. The van der Waals surface area contributed by atoms with E-state index in [-0.39, 0.29) is 5.56 Å². The molecular weight excluding hydrogens is 410 g/mol. The van der Waals surface area contributed by atoms with Gasteiger partial charge in [-0.3, -0.25) is 4.79 Å². The van der Waals surface area contributed by atoms with Gasteiger partial charge in [0.2, 0.25) is 0 Å². The molecule has 0 saturated heterocycles. The number of benzene rings is 2. The van der Waals surface area contributed by atoms with Crippen LogP contribution in [0.25, 0.3) is 11.0 Å². The SMILES string of the molecule is O=C(Nc1ccc(Nc2ccnc3ncc4c(c23)CCCC4)cc1)c1ccc(F)c(F)c1. The minimum atomic E-state index is -1.06. The lowest BCUT2D eigenvalue weighted by atomic mass is 9.90. The molecule has 2 aromatic heterocycles. The van der Waals surface area contributed by atoms with Crippen molar-refractivity contribution in [3.8, 4) is 0 Å². The average Bonchev–Trinajstić information content (AvgIpc) is 2.82. The Morgan fingerprint density at radius 2 is 1.66 bits per heavy atom. The van der Waals surface area contributed by atoms with Gasteiger partial charge in [-0.1, -0.05) is 0 Å². The first kappa shape index (κ1) is 20.1. The van der Waals surface area contributed by atoms with E-state index in [4.69, 9.17) is 0 Å². The molecule has 2 heterocycles. The maximum absolute atomic E-state index is 13.4. The lowest BCUT2D eigenvalue weighted by molar-refractivity contribution is 0.102. The van der Waals surface area contributed by atoms with Crippen molar-refractivity contribution in [3.05, 3.63) is 89.2 Å². The van der Waals surface area contributed by atoms with Crippen LogP contribution in [-0.2, 0) is 12.8 Å². The molecule has 0 radical (unpaired) electrons. The Morgan fingerprint density at radius 3 is 2.47 bits per heavy atom. The summed E-state index contributed by atoms with van der Waals surface area (Å²) in [5.74, 6) is -2.56. The minimum absolute atomic E-state index is 0.0478. The van der Waals surface area contributed by atoms with E-state index in [1.807, 2.05) is 24.4 Å². The Labute approximate surface area is 183 Å². The minimum Gasteiger partial charge on any atom is -0.355 e. The third-order valence-corrected chi connectivity index (χ3v) is 5.69. The van der Waals surface area contributed by atoms with Crippen LogP contribution in [0.5, 0.6) is 0 Å². The van der Waals surface area contributed by atoms with Gasteiger partial charge in [-0.15, -0.1) is 0 Å².